The predicted octanol–water partition coefficient (Wildman–Crippen LogP) is 1.07. The molecule has 0 saturated carbocycles. The molecule has 1 fully saturated rings. The zero-order chi connectivity index (χ0) is 17.0. The molecule has 128 valence electrons. The first-order valence-corrected chi connectivity index (χ1v) is 9.50. The van der Waals surface area contributed by atoms with Gasteiger partial charge in [0.25, 0.3) is 5.91 Å². The highest BCUT2D eigenvalue weighted by Crippen LogP contribution is 2.26. The Hall–Kier alpha value is -1.44. The topological polar surface area (TPSA) is 69.7 Å². The van der Waals surface area contributed by atoms with Crippen molar-refractivity contribution < 1.29 is 13.2 Å². The van der Waals surface area contributed by atoms with E-state index < -0.39 is 10.0 Å². The van der Waals surface area contributed by atoms with E-state index in [4.69, 9.17) is 0 Å². The lowest BCUT2D eigenvalue weighted by atomic mass is 10.0. The minimum atomic E-state index is -3.20. The van der Waals surface area contributed by atoms with Gasteiger partial charge in [0.2, 0.25) is 10.0 Å². The van der Waals surface area contributed by atoms with E-state index in [1.54, 1.807) is 17.4 Å². The molecule has 1 aliphatic heterocycles. The molecule has 1 saturated heterocycles. The van der Waals surface area contributed by atoms with E-state index in [1.165, 1.54) is 0 Å². The summed E-state index contributed by atoms with van der Waals surface area (Å²) >= 11 is 0. The summed E-state index contributed by atoms with van der Waals surface area (Å²) in [5, 5.41) is 2.61. The van der Waals surface area contributed by atoms with Crippen LogP contribution < -0.4 is 5.32 Å². The first kappa shape index (κ1) is 17.9. The third-order valence-electron chi connectivity index (χ3n) is 4.23. The summed E-state index contributed by atoms with van der Waals surface area (Å²) in [5.74, 6) is 0.0441. The molecule has 0 bridgehead atoms. The van der Waals surface area contributed by atoms with E-state index in [0.717, 1.165) is 5.56 Å². The van der Waals surface area contributed by atoms with Crippen molar-refractivity contribution >= 4 is 15.9 Å². The summed E-state index contributed by atoms with van der Waals surface area (Å²) in [5.41, 5.74) is 1.55. The van der Waals surface area contributed by atoms with Crippen LogP contribution in [-0.2, 0) is 10.0 Å². The first-order chi connectivity index (χ1) is 10.9. The van der Waals surface area contributed by atoms with Crippen molar-refractivity contribution in [2.24, 2.45) is 0 Å². The highest BCUT2D eigenvalue weighted by atomic mass is 32.2. The molecule has 0 aromatic heterocycles. The molecule has 1 N–H and O–H groups in total. The average Bonchev–Trinajstić information content (AvgIpc) is 2.54. The van der Waals surface area contributed by atoms with Crippen LogP contribution in [-0.4, -0.2) is 63.0 Å². The largest absolute Gasteiger partial charge is 0.355 e. The molecule has 1 aromatic carbocycles. The molecule has 0 radical (unpaired) electrons. The highest BCUT2D eigenvalue weighted by Gasteiger charge is 2.32. The zero-order valence-electron chi connectivity index (χ0n) is 13.9. The SMILES string of the molecule is CCCS(=O)(=O)N1CCN(C)[C@@H](c2cccc(C(=O)NC)c2)C1. The number of nitrogens with one attached hydrogen (secondary N) is 1. The summed E-state index contributed by atoms with van der Waals surface area (Å²) in [6.07, 6.45) is 0.617. The van der Waals surface area contributed by atoms with Crippen LogP contribution in [0.1, 0.15) is 35.3 Å². The number of benzene rings is 1. The van der Waals surface area contributed by atoms with Crippen molar-refractivity contribution in [1.82, 2.24) is 14.5 Å². The maximum absolute atomic E-state index is 12.3. The van der Waals surface area contributed by atoms with Crippen LogP contribution in [0.2, 0.25) is 0 Å². The van der Waals surface area contributed by atoms with Crippen molar-refractivity contribution in [2.75, 3.05) is 39.5 Å². The number of hydrogen-bond acceptors (Lipinski definition) is 4. The van der Waals surface area contributed by atoms with E-state index in [0.29, 0.717) is 31.6 Å². The second-order valence-electron chi connectivity index (χ2n) is 5.88. The number of nitrogens with zero attached hydrogens (tertiary/aromatic N) is 2. The Kier molecular flexibility index (Phi) is 5.78. The fourth-order valence-electron chi connectivity index (χ4n) is 2.88. The number of hydrogen-bond donors (Lipinski definition) is 1. The van der Waals surface area contributed by atoms with Crippen molar-refractivity contribution in [3.05, 3.63) is 35.4 Å². The van der Waals surface area contributed by atoms with Gasteiger partial charge in [0.05, 0.1) is 5.75 Å². The van der Waals surface area contributed by atoms with Gasteiger partial charge in [0.1, 0.15) is 0 Å². The van der Waals surface area contributed by atoms with E-state index in [9.17, 15) is 13.2 Å². The number of rotatable bonds is 5. The summed E-state index contributed by atoms with van der Waals surface area (Å²) in [6, 6.07) is 7.35. The molecule has 0 spiro atoms. The Morgan fingerprint density at radius 1 is 1.35 bits per heavy atom. The maximum Gasteiger partial charge on any atom is 0.251 e. The second kappa shape index (κ2) is 7.42. The Morgan fingerprint density at radius 3 is 2.74 bits per heavy atom. The molecule has 1 aliphatic rings. The Labute approximate surface area is 138 Å². The summed E-state index contributed by atoms with van der Waals surface area (Å²) in [4.78, 5) is 13.9. The van der Waals surface area contributed by atoms with Crippen molar-refractivity contribution in [2.45, 2.75) is 19.4 Å². The molecule has 2 rings (SSSR count). The number of likely N-dealkylation sites (N-methyl/N-ethyl adjacent to an activating group) is 1. The van der Waals surface area contributed by atoms with Gasteiger partial charge in [-0.25, -0.2) is 8.42 Å². The van der Waals surface area contributed by atoms with Crippen LogP contribution >= 0.6 is 0 Å². The van der Waals surface area contributed by atoms with Crippen LogP contribution in [0, 0.1) is 0 Å². The fourth-order valence-corrected chi connectivity index (χ4v) is 4.38. The number of carbonyl (C=O) groups is 1. The molecular formula is C16H25N3O3S. The first-order valence-electron chi connectivity index (χ1n) is 7.89. The normalized spacial score (nSPS) is 20.4. The van der Waals surface area contributed by atoms with E-state index in [1.807, 2.05) is 32.2 Å². The van der Waals surface area contributed by atoms with E-state index in [2.05, 4.69) is 10.2 Å². The lowest BCUT2D eigenvalue weighted by molar-refractivity contribution is 0.0962. The number of amides is 1. The fraction of sp³-hybridized carbons (Fsp3) is 0.562. The maximum atomic E-state index is 12.3. The highest BCUT2D eigenvalue weighted by molar-refractivity contribution is 7.89. The van der Waals surface area contributed by atoms with Gasteiger partial charge in [-0.2, -0.15) is 4.31 Å². The second-order valence-corrected chi connectivity index (χ2v) is 7.96. The van der Waals surface area contributed by atoms with Crippen molar-refractivity contribution in [1.29, 1.82) is 0 Å². The van der Waals surface area contributed by atoms with E-state index in [-0.39, 0.29) is 17.7 Å². The molecule has 6 nitrogen and oxygen atoms in total. The minimum absolute atomic E-state index is 0.0417. The standard InChI is InChI=1S/C16H25N3O3S/c1-4-10-23(21,22)19-9-8-18(3)15(12-19)13-6-5-7-14(11-13)16(20)17-2/h5-7,11,15H,4,8-10,12H2,1-3H3,(H,17,20)/t15-/m1/s1. The molecule has 23 heavy (non-hydrogen) atoms. The van der Waals surface area contributed by atoms with Crippen LogP contribution in [0.5, 0.6) is 0 Å². The molecule has 1 aromatic rings. The lowest BCUT2D eigenvalue weighted by Crippen LogP contribution is -2.49. The molecule has 7 heteroatoms. The van der Waals surface area contributed by atoms with Crippen LogP contribution in [0.25, 0.3) is 0 Å². The van der Waals surface area contributed by atoms with Gasteiger partial charge >= 0.3 is 0 Å². The van der Waals surface area contributed by atoms with E-state index >= 15 is 0 Å². The molecule has 1 heterocycles. The summed E-state index contributed by atoms with van der Waals surface area (Å²) < 4.78 is 26.2. The molecule has 0 unspecified atom stereocenters. The Morgan fingerprint density at radius 2 is 2.09 bits per heavy atom. The van der Waals surface area contributed by atoms with Gasteiger partial charge in [-0.15, -0.1) is 0 Å². The summed E-state index contributed by atoms with van der Waals surface area (Å²) in [7, 11) is 0.384. The molecule has 0 aliphatic carbocycles. The van der Waals surface area contributed by atoms with Gasteiger partial charge in [0, 0.05) is 38.3 Å². The van der Waals surface area contributed by atoms with Crippen LogP contribution in [0.4, 0.5) is 0 Å². The number of piperazine rings is 1. The summed E-state index contributed by atoms with van der Waals surface area (Å²) in [6.45, 7) is 3.50. The van der Waals surface area contributed by atoms with Crippen LogP contribution in [0.15, 0.2) is 24.3 Å². The average molecular weight is 339 g/mol. The van der Waals surface area contributed by atoms with Gasteiger partial charge in [-0.1, -0.05) is 19.1 Å². The van der Waals surface area contributed by atoms with Gasteiger partial charge in [0.15, 0.2) is 0 Å². The van der Waals surface area contributed by atoms with Gasteiger partial charge in [-0.3, -0.25) is 9.69 Å². The van der Waals surface area contributed by atoms with Crippen molar-refractivity contribution in [3.8, 4) is 0 Å². The monoisotopic (exact) mass is 339 g/mol. The van der Waals surface area contributed by atoms with Crippen LogP contribution in [0.3, 0.4) is 0 Å². The zero-order valence-corrected chi connectivity index (χ0v) is 14.8. The molecule has 1 atom stereocenters. The molecule has 1 amide bonds. The Balaban J connectivity index is 2.25. The third-order valence-corrected chi connectivity index (χ3v) is 6.27. The van der Waals surface area contributed by atoms with Crippen molar-refractivity contribution in [3.63, 3.8) is 0 Å². The number of carbonyl (C=O) groups excluding carboxylic acids is 1. The minimum Gasteiger partial charge on any atom is -0.355 e. The molecular weight excluding hydrogens is 314 g/mol. The van der Waals surface area contributed by atoms with Gasteiger partial charge in [-0.05, 0) is 31.2 Å². The smallest absolute Gasteiger partial charge is 0.251 e. The predicted molar refractivity (Wildman–Crippen MR) is 90.9 cm³/mol. The third kappa shape index (κ3) is 4.10. The lowest BCUT2D eigenvalue weighted by Gasteiger charge is -2.39. The Bertz CT molecular complexity index is 660. The number of sulfonamides is 1. The van der Waals surface area contributed by atoms with Gasteiger partial charge < -0.3 is 5.32 Å². The quantitative estimate of drug-likeness (QED) is 0.871.